The van der Waals surface area contributed by atoms with Gasteiger partial charge in [0, 0.05) is 21.8 Å². The molecule has 0 aliphatic carbocycles. The summed E-state index contributed by atoms with van der Waals surface area (Å²) in [5.74, 6) is 0.314. The standard InChI is InChI=1S/C19H10Cl2N4/c20-14-5-1-3-12(7-14)11-24-19-17(10-23)16(9-22)18(25-19)13-4-2-6-15(21)8-13/h1-8,11,25H/b24-11+. The van der Waals surface area contributed by atoms with Gasteiger partial charge in [-0.15, -0.1) is 0 Å². The van der Waals surface area contributed by atoms with Crippen LogP contribution in [-0.4, -0.2) is 11.2 Å². The average molecular weight is 365 g/mol. The second kappa shape index (κ2) is 7.23. The molecule has 0 saturated heterocycles. The number of hydrogen-bond donors (Lipinski definition) is 1. The van der Waals surface area contributed by atoms with Crippen LogP contribution >= 0.6 is 23.2 Å². The molecule has 3 aromatic rings. The predicted molar refractivity (Wildman–Crippen MR) is 99.4 cm³/mol. The molecule has 0 fully saturated rings. The number of aliphatic imine (C=N–C) groups is 1. The van der Waals surface area contributed by atoms with Crippen molar-refractivity contribution in [2.75, 3.05) is 0 Å². The highest BCUT2D eigenvalue weighted by Crippen LogP contribution is 2.32. The van der Waals surface area contributed by atoms with Crippen LogP contribution in [0.15, 0.2) is 53.5 Å². The van der Waals surface area contributed by atoms with E-state index in [4.69, 9.17) is 23.2 Å². The van der Waals surface area contributed by atoms with Crippen LogP contribution in [0, 0.1) is 22.7 Å². The average Bonchev–Trinajstić information content (AvgIpc) is 2.97. The normalized spacial score (nSPS) is 10.6. The summed E-state index contributed by atoms with van der Waals surface area (Å²) in [5, 5.41) is 20.0. The number of benzene rings is 2. The minimum Gasteiger partial charge on any atom is -0.337 e. The molecule has 0 spiro atoms. The smallest absolute Gasteiger partial charge is 0.149 e. The van der Waals surface area contributed by atoms with Gasteiger partial charge in [0.25, 0.3) is 0 Å². The molecule has 0 aliphatic rings. The van der Waals surface area contributed by atoms with Crippen molar-refractivity contribution in [3.63, 3.8) is 0 Å². The third-order valence-electron chi connectivity index (χ3n) is 3.51. The molecule has 1 aromatic heterocycles. The van der Waals surface area contributed by atoms with Gasteiger partial charge in [-0.1, -0.05) is 47.5 Å². The van der Waals surface area contributed by atoms with Crippen molar-refractivity contribution >= 4 is 35.2 Å². The molecule has 25 heavy (non-hydrogen) atoms. The fourth-order valence-corrected chi connectivity index (χ4v) is 2.78. The Labute approximate surface area is 154 Å². The molecule has 0 atom stereocenters. The number of aromatic amines is 1. The molecule has 0 bridgehead atoms. The highest BCUT2D eigenvalue weighted by Gasteiger charge is 2.18. The number of hydrogen-bond acceptors (Lipinski definition) is 3. The van der Waals surface area contributed by atoms with Crippen molar-refractivity contribution in [3.05, 3.63) is 75.3 Å². The summed E-state index contributed by atoms with van der Waals surface area (Å²) in [5.41, 5.74) is 2.44. The summed E-state index contributed by atoms with van der Waals surface area (Å²) in [6.07, 6.45) is 1.58. The lowest BCUT2D eigenvalue weighted by Crippen LogP contribution is -1.82. The van der Waals surface area contributed by atoms with E-state index in [9.17, 15) is 10.5 Å². The Balaban J connectivity index is 2.09. The monoisotopic (exact) mass is 364 g/mol. The molecule has 0 saturated carbocycles. The van der Waals surface area contributed by atoms with Crippen LogP contribution in [0.25, 0.3) is 11.3 Å². The summed E-state index contributed by atoms with van der Waals surface area (Å²) in [6, 6.07) is 18.3. The van der Waals surface area contributed by atoms with Gasteiger partial charge >= 0.3 is 0 Å². The van der Waals surface area contributed by atoms with Gasteiger partial charge in [0.2, 0.25) is 0 Å². The predicted octanol–water partition coefficient (Wildman–Crippen LogP) is 5.48. The van der Waals surface area contributed by atoms with Gasteiger partial charge < -0.3 is 4.98 Å². The second-order valence-electron chi connectivity index (χ2n) is 5.15. The molecular weight excluding hydrogens is 355 g/mol. The van der Waals surface area contributed by atoms with Crippen molar-refractivity contribution in [2.24, 2.45) is 4.99 Å². The van der Waals surface area contributed by atoms with Crippen molar-refractivity contribution in [2.45, 2.75) is 0 Å². The van der Waals surface area contributed by atoms with Gasteiger partial charge in [0.05, 0.1) is 11.3 Å². The summed E-state index contributed by atoms with van der Waals surface area (Å²) in [7, 11) is 0. The van der Waals surface area contributed by atoms with E-state index in [1.165, 1.54) is 0 Å². The number of nitriles is 2. The van der Waals surface area contributed by atoms with Crippen LogP contribution in [0.3, 0.4) is 0 Å². The van der Waals surface area contributed by atoms with Crippen LogP contribution in [0.4, 0.5) is 5.82 Å². The molecule has 2 aromatic carbocycles. The maximum absolute atomic E-state index is 9.47. The maximum atomic E-state index is 9.47. The number of H-pyrrole nitrogens is 1. The maximum Gasteiger partial charge on any atom is 0.149 e. The van der Waals surface area contributed by atoms with Gasteiger partial charge in [-0.05, 0) is 29.8 Å². The number of aromatic nitrogens is 1. The van der Waals surface area contributed by atoms with Crippen molar-refractivity contribution < 1.29 is 0 Å². The fourth-order valence-electron chi connectivity index (χ4n) is 2.39. The first kappa shape index (κ1) is 16.8. The summed E-state index contributed by atoms with van der Waals surface area (Å²) in [4.78, 5) is 7.37. The SMILES string of the molecule is N#Cc1c(/N=C/c2cccc(Cl)c2)[nH]c(-c2cccc(Cl)c2)c1C#N. The van der Waals surface area contributed by atoms with Crippen molar-refractivity contribution in [3.8, 4) is 23.4 Å². The van der Waals surface area contributed by atoms with Crippen LogP contribution in [-0.2, 0) is 0 Å². The van der Waals surface area contributed by atoms with Gasteiger partial charge in [-0.3, -0.25) is 0 Å². The molecule has 0 radical (unpaired) electrons. The molecule has 0 aliphatic heterocycles. The first-order chi connectivity index (χ1) is 12.1. The van der Waals surface area contributed by atoms with Crippen LogP contribution in [0.2, 0.25) is 10.0 Å². The lowest BCUT2D eigenvalue weighted by molar-refractivity contribution is 1.33. The molecule has 4 nitrogen and oxygen atoms in total. The zero-order valence-electron chi connectivity index (χ0n) is 12.8. The molecule has 3 rings (SSSR count). The molecule has 0 unspecified atom stereocenters. The summed E-state index contributed by atoms with van der Waals surface area (Å²) >= 11 is 12.0. The number of nitrogens with one attached hydrogen (secondary N) is 1. The molecule has 1 heterocycles. The summed E-state index contributed by atoms with van der Waals surface area (Å²) < 4.78 is 0. The fraction of sp³-hybridized carbons (Fsp3) is 0. The van der Waals surface area contributed by atoms with E-state index >= 15 is 0 Å². The lowest BCUT2D eigenvalue weighted by atomic mass is 10.1. The minimum atomic E-state index is 0.191. The van der Waals surface area contributed by atoms with E-state index in [1.807, 2.05) is 24.3 Å². The Morgan fingerprint density at radius 2 is 1.60 bits per heavy atom. The van der Waals surface area contributed by atoms with E-state index in [-0.39, 0.29) is 11.1 Å². The molecule has 6 heteroatoms. The number of halogens is 2. The minimum absolute atomic E-state index is 0.191. The first-order valence-electron chi connectivity index (χ1n) is 7.24. The lowest BCUT2D eigenvalue weighted by Gasteiger charge is -1.99. The Hall–Kier alpha value is -3.05. The number of rotatable bonds is 3. The molecular formula is C19H10Cl2N4. The molecule has 1 N–H and O–H groups in total. The number of nitrogens with zero attached hydrogens (tertiary/aromatic N) is 3. The van der Waals surface area contributed by atoms with E-state index in [0.717, 1.165) is 5.56 Å². The third-order valence-corrected chi connectivity index (χ3v) is 3.98. The Bertz CT molecular complexity index is 1050. The van der Waals surface area contributed by atoms with Crippen LogP contribution in [0.5, 0.6) is 0 Å². The van der Waals surface area contributed by atoms with Gasteiger partial charge in [-0.25, -0.2) is 4.99 Å². The van der Waals surface area contributed by atoms with Crippen LogP contribution < -0.4 is 0 Å². The van der Waals surface area contributed by atoms with Crippen LogP contribution in [0.1, 0.15) is 16.7 Å². The van der Waals surface area contributed by atoms with E-state index in [1.54, 1.807) is 36.5 Å². The summed E-state index contributed by atoms with van der Waals surface area (Å²) in [6.45, 7) is 0. The topological polar surface area (TPSA) is 75.7 Å². The zero-order chi connectivity index (χ0) is 17.8. The third kappa shape index (κ3) is 3.56. The zero-order valence-corrected chi connectivity index (χ0v) is 14.3. The molecule has 0 amide bonds. The van der Waals surface area contributed by atoms with Gasteiger partial charge in [-0.2, -0.15) is 10.5 Å². The van der Waals surface area contributed by atoms with E-state index < -0.39 is 0 Å². The van der Waals surface area contributed by atoms with Crippen molar-refractivity contribution in [1.29, 1.82) is 10.5 Å². The Morgan fingerprint density at radius 1 is 0.920 bits per heavy atom. The van der Waals surface area contributed by atoms with E-state index in [0.29, 0.717) is 27.1 Å². The van der Waals surface area contributed by atoms with E-state index in [2.05, 4.69) is 16.0 Å². The Kier molecular flexibility index (Phi) is 4.86. The van der Waals surface area contributed by atoms with Gasteiger partial charge in [0.15, 0.2) is 0 Å². The van der Waals surface area contributed by atoms with Gasteiger partial charge in [0.1, 0.15) is 23.5 Å². The molecule has 120 valence electrons. The second-order valence-corrected chi connectivity index (χ2v) is 6.02. The highest BCUT2D eigenvalue weighted by atomic mass is 35.5. The largest absolute Gasteiger partial charge is 0.337 e. The Morgan fingerprint density at radius 3 is 2.24 bits per heavy atom. The quantitative estimate of drug-likeness (QED) is 0.624. The first-order valence-corrected chi connectivity index (χ1v) is 7.99. The highest BCUT2D eigenvalue weighted by molar-refractivity contribution is 6.31. The van der Waals surface area contributed by atoms with Crippen molar-refractivity contribution in [1.82, 2.24) is 4.98 Å².